The minimum atomic E-state index is 0.188. The molecular formula is C18H26N2O2. The lowest BCUT2D eigenvalue weighted by Crippen LogP contribution is -2.20. The SMILES string of the molecule is Nc1ccc(CN2CCCC2)cc1C(=O)CC1CCOCC1. The van der Waals surface area contributed by atoms with Crippen LogP contribution in [0.3, 0.4) is 0 Å². The summed E-state index contributed by atoms with van der Waals surface area (Å²) in [7, 11) is 0. The summed E-state index contributed by atoms with van der Waals surface area (Å²) in [5.41, 5.74) is 8.57. The van der Waals surface area contributed by atoms with Crippen LogP contribution in [0.1, 0.15) is 48.0 Å². The molecule has 2 N–H and O–H groups in total. The van der Waals surface area contributed by atoms with Gasteiger partial charge in [-0.05, 0) is 62.4 Å². The fourth-order valence-corrected chi connectivity index (χ4v) is 3.46. The lowest BCUT2D eigenvalue weighted by Gasteiger charge is -2.21. The van der Waals surface area contributed by atoms with Crippen molar-refractivity contribution in [2.45, 2.75) is 38.6 Å². The van der Waals surface area contributed by atoms with Gasteiger partial charge in [-0.1, -0.05) is 6.07 Å². The maximum atomic E-state index is 12.6. The summed E-state index contributed by atoms with van der Waals surface area (Å²) in [5.74, 6) is 0.635. The van der Waals surface area contributed by atoms with Gasteiger partial charge in [0.05, 0.1) is 0 Å². The van der Waals surface area contributed by atoms with Crippen molar-refractivity contribution in [3.8, 4) is 0 Å². The molecule has 4 heteroatoms. The highest BCUT2D eigenvalue weighted by molar-refractivity contribution is 6.01. The van der Waals surface area contributed by atoms with E-state index in [0.717, 1.165) is 45.7 Å². The van der Waals surface area contributed by atoms with Crippen LogP contribution in [0, 0.1) is 5.92 Å². The van der Waals surface area contributed by atoms with E-state index in [4.69, 9.17) is 10.5 Å². The zero-order valence-electron chi connectivity index (χ0n) is 13.2. The van der Waals surface area contributed by atoms with E-state index in [0.29, 0.717) is 23.6 Å². The lowest BCUT2D eigenvalue weighted by molar-refractivity contribution is 0.0601. The summed E-state index contributed by atoms with van der Waals surface area (Å²) < 4.78 is 5.36. The van der Waals surface area contributed by atoms with Crippen molar-refractivity contribution in [2.24, 2.45) is 5.92 Å². The molecule has 4 nitrogen and oxygen atoms in total. The highest BCUT2D eigenvalue weighted by atomic mass is 16.5. The first-order valence-electron chi connectivity index (χ1n) is 8.44. The third-order valence-electron chi connectivity index (χ3n) is 4.84. The van der Waals surface area contributed by atoms with E-state index >= 15 is 0 Å². The number of nitrogen functional groups attached to an aromatic ring is 1. The Hall–Kier alpha value is -1.39. The van der Waals surface area contributed by atoms with Crippen LogP contribution in [-0.2, 0) is 11.3 Å². The molecule has 0 unspecified atom stereocenters. The summed E-state index contributed by atoms with van der Waals surface area (Å²) in [6.07, 6.45) is 5.13. The number of anilines is 1. The summed E-state index contributed by atoms with van der Waals surface area (Å²) in [5, 5.41) is 0. The third kappa shape index (κ3) is 3.87. The number of carbonyl (C=O) groups excluding carboxylic acids is 1. The molecule has 2 aliphatic heterocycles. The van der Waals surface area contributed by atoms with Crippen molar-refractivity contribution in [2.75, 3.05) is 32.0 Å². The Kier molecular flexibility index (Phi) is 5.11. The molecule has 3 rings (SSSR count). The quantitative estimate of drug-likeness (QED) is 0.671. The number of likely N-dealkylation sites (tertiary alicyclic amines) is 1. The summed E-state index contributed by atoms with van der Waals surface area (Å²) >= 11 is 0. The van der Waals surface area contributed by atoms with Crippen LogP contribution in [0.25, 0.3) is 0 Å². The van der Waals surface area contributed by atoms with Gasteiger partial charge in [0.1, 0.15) is 0 Å². The number of hydrogen-bond donors (Lipinski definition) is 1. The molecular weight excluding hydrogens is 276 g/mol. The number of Topliss-reactive ketones (excluding diaryl/α,β-unsaturated/α-hetero) is 1. The molecule has 0 aromatic heterocycles. The van der Waals surface area contributed by atoms with E-state index in [9.17, 15) is 4.79 Å². The van der Waals surface area contributed by atoms with Crippen LogP contribution in [0.2, 0.25) is 0 Å². The largest absolute Gasteiger partial charge is 0.398 e. The van der Waals surface area contributed by atoms with Crippen LogP contribution in [0.15, 0.2) is 18.2 Å². The number of nitrogens with zero attached hydrogens (tertiary/aromatic N) is 1. The lowest BCUT2D eigenvalue weighted by atomic mass is 9.91. The molecule has 2 heterocycles. The number of hydrogen-bond acceptors (Lipinski definition) is 4. The van der Waals surface area contributed by atoms with E-state index in [2.05, 4.69) is 11.0 Å². The Morgan fingerprint density at radius 3 is 2.68 bits per heavy atom. The van der Waals surface area contributed by atoms with Gasteiger partial charge < -0.3 is 10.5 Å². The molecule has 0 aliphatic carbocycles. The molecule has 0 radical (unpaired) electrons. The van der Waals surface area contributed by atoms with Gasteiger partial charge in [0.2, 0.25) is 0 Å². The Bertz CT molecular complexity index is 518. The average molecular weight is 302 g/mol. The van der Waals surface area contributed by atoms with E-state index < -0.39 is 0 Å². The molecule has 2 saturated heterocycles. The van der Waals surface area contributed by atoms with Crippen molar-refractivity contribution >= 4 is 11.5 Å². The second-order valence-electron chi connectivity index (χ2n) is 6.59. The van der Waals surface area contributed by atoms with Gasteiger partial charge in [0.25, 0.3) is 0 Å². The second-order valence-corrected chi connectivity index (χ2v) is 6.59. The molecule has 1 aromatic carbocycles. The topological polar surface area (TPSA) is 55.6 Å². The third-order valence-corrected chi connectivity index (χ3v) is 4.84. The summed E-state index contributed by atoms with van der Waals surface area (Å²) in [6.45, 7) is 4.81. The molecule has 0 atom stereocenters. The van der Waals surface area contributed by atoms with Crippen molar-refractivity contribution in [3.05, 3.63) is 29.3 Å². The smallest absolute Gasteiger partial charge is 0.165 e. The van der Waals surface area contributed by atoms with Gasteiger partial charge in [-0.25, -0.2) is 0 Å². The predicted octanol–water partition coefficient (Wildman–Crippen LogP) is 2.86. The number of nitrogens with two attached hydrogens (primary N) is 1. The minimum absolute atomic E-state index is 0.188. The normalized spacial score (nSPS) is 20.4. The molecule has 0 bridgehead atoms. The van der Waals surface area contributed by atoms with Gasteiger partial charge in [0.15, 0.2) is 5.78 Å². The second kappa shape index (κ2) is 7.25. The van der Waals surface area contributed by atoms with Crippen molar-refractivity contribution in [3.63, 3.8) is 0 Å². The summed E-state index contributed by atoms with van der Waals surface area (Å²) in [4.78, 5) is 15.0. The summed E-state index contributed by atoms with van der Waals surface area (Å²) in [6, 6.07) is 5.96. The van der Waals surface area contributed by atoms with Crippen LogP contribution in [0.5, 0.6) is 0 Å². The van der Waals surface area contributed by atoms with E-state index in [1.807, 2.05) is 12.1 Å². The first-order valence-corrected chi connectivity index (χ1v) is 8.44. The van der Waals surface area contributed by atoms with Crippen molar-refractivity contribution < 1.29 is 9.53 Å². The Labute approximate surface area is 132 Å². The first kappa shape index (κ1) is 15.5. The van der Waals surface area contributed by atoms with Crippen LogP contribution < -0.4 is 5.73 Å². The van der Waals surface area contributed by atoms with Gasteiger partial charge >= 0.3 is 0 Å². The van der Waals surface area contributed by atoms with Gasteiger partial charge in [-0.15, -0.1) is 0 Å². The monoisotopic (exact) mass is 302 g/mol. The predicted molar refractivity (Wildman–Crippen MR) is 87.9 cm³/mol. The fourth-order valence-electron chi connectivity index (χ4n) is 3.46. The molecule has 0 amide bonds. The molecule has 22 heavy (non-hydrogen) atoms. The molecule has 2 fully saturated rings. The maximum absolute atomic E-state index is 12.6. The zero-order chi connectivity index (χ0) is 15.4. The highest BCUT2D eigenvalue weighted by Gasteiger charge is 2.20. The Balaban J connectivity index is 1.66. The molecule has 0 spiro atoms. The van der Waals surface area contributed by atoms with E-state index in [-0.39, 0.29) is 5.78 Å². The number of benzene rings is 1. The van der Waals surface area contributed by atoms with Crippen molar-refractivity contribution in [1.82, 2.24) is 4.90 Å². The van der Waals surface area contributed by atoms with E-state index in [1.165, 1.54) is 18.4 Å². The van der Waals surface area contributed by atoms with Gasteiger partial charge in [-0.2, -0.15) is 0 Å². The highest BCUT2D eigenvalue weighted by Crippen LogP contribution is 2.24. The number of carbonyl (C=O) groups is 1. The Morgan fingerprint density at radius 2 is 1.95 bits per heavy atom. The first-order chi connectivity index (χ1) is 10.7. The fraction of sp³-hybridized carbons (Fsp3) is 0.611. The molecule has 2 aliphatic rings. The maximum Gasteiger partial charge on any atom is 0.165 e. The van der Waals surface area contributed by atoms with E-state index in [1.54, 1.807) is 0 Å². The zero-order valence-corrected chi connectivity index (χ0v) is 13.2. The standard InChI is InChI=1S/C18H26N2O2/c19-17-4-3-15(13-20-7-1-2-8-20)11-16(17)18(21)12-14-5-9-22-10-6-14/h3-4,11,14H,1-2,5-10,12-13,19H2. The van der Waals surface area contributed by atoms with Crippen LogP contribution >= 0.6 is 0 Å². The molecule has 0 saturated carbocycles. The molecule has 120 valence electrons. The average Bonchev–Trinajstić information content (AvgIpc) is 3.03. The van der Waals surface area contributed by atoms with Gasteiger partial charge in [0, 0.05) is 37.4 Å². The Morgan fingerprint density at radius 1 is 1.23 bits per heavy atom. The number of rotatable bonds is 5. The van der Waals surface area contributed by atoms with Crippen LogP contribution in [-0.4, -0.2) is 37.0 Å². The number of ketones is 1. The molecule has 1 aromatic rings. The number of ether oxygens (including phenoxy) is 1. The van der Waals surface area contributed by atoms with Crippen LogP contribution in [0.4, 0.5) is 5.69 Å². The van der Waals surface area contributed by atoms with Gasteiger partial charge in [-0.3, -0.25) is 9.69 Å². The minimum Gasteiger partial charge on any atom is -0.398 e. The van der Waals surface area contributed by atoms with Crippen molar-refractivity contribution in [1.29, 1.82) is 0 Å².